The Morgan fingerprint density at radius 1 is 1.11 bits per heavy atom. The molecule has 3 rings (SSSR count). The minimum Gasteiger partial charge on any atom is -0.493 e. The molecule has 0 atom stereocenters. The van der Waals surface area contributed by atoms with Crippen molar-refractivity contribution in [3.8, 4) is 11.5 Å². The smallest absolute Gasteiger partial charge is 0.387 e. The largest absolute Gasteiger partial charge is 0.493 e. The number of nitrogens with two attached hydrogens (primary N) is 1. The van der Waals surface area contributed by atoms with Crippen LogP contribution in [-0.2, 0) is 17.8 Å². The summed E-state index contributed by atoms with van der Waals surface area (Å²) < 4.78 is 41.0. The first-order valence-corrected chi connectivity index (χ1v) is 10.4. The number of carbonyl (C=O) groups is 1. The molecule has 2 aromatic carbocycles. The summed E-state index contributed by atoms with van der Waals surface area (Å²) in [6.45, 7) is -3.00. The number of rotatable bonds is 10. The highest BCUT2D eigenvalue weighted by Crippen LogP contribution is 2.31. The van der Waals surface area contributed by atoms with E-state index < -0.39 is 23.8 Å². The summed E-state index contributed by atoms with van der Waals surface area (Å²) in [5.74, 6) is -1.29. The second-order valence-corrected chi connectivity index (χ2v) is 7.26. The number of aromatic nitrogens is 2. The predicted octanol–water partition coefficient (Wildman–Crippen LogP) is 2.22. The number of ether oxygens (including phenoxy) is 3. The summed E-state index contributed by atoms with van der Waals surface area (Å²) in [6, 6.07) is 12.4. The van der Waals surface area contributed by atoms with Gasteiger partial charge in [-0.15, -0.1) is 0 Å². The summed E-state index contributed by atoms with van der Waals surface area (Å²) in [7, 11) is 2.67. The van der Waals surface area contributed by atoms with E-state index in [9.17, 15) is 23.2 Å². The summed E-state index contributed by atoms with van der Waals surface area (Å²) in [5.41, 5.74) is 5.00. The van der Waals surface area contributed by atoms with Crippen molar-refractivity contribution in [2.75, 3.05) is 31.5 Å². The number of anilines is 2. The van der Waals surface area contributed by atoms with E-state index in [-0.39, 0.29) is 48.3 Å². The lowest BCUT2D eigenvalue weighted by Crippen LogP contribution is -2.41. The third kappa shape index (κ3) is 5.84. The zero-order valence-electron chi connectivity index (χ0n) is 19.0. The standard InChI is InChI=1S/C23H24F2N4O6/c1-33-11-10-28-19(26)18(20(30)27-23(28)32)29(13-14-6-4-3-5-7-14)21(31)15-8-9-16(35-22(24)25)17(12-15)34-2/h3-9,12,22H,10-11,13,26H2,1-2H3,(H,27,30,32). The van der Waals surface area contributed by atoms with E-state index >= 15 is 0 Å². The Hall–Kier alpha value is -4.19. The van der Waals surface area contributed by atoms with Crippen molar-refractivity contribution < 1.29 is 27.8 Å². The van der Waals surface area contributed by atoms with E-state index in [4.69, 9.17) is 15.2 Å². The molecule has 1 amide bonds. The zero-order chi connectivity index (χ0) is 25.5. The van der Waals surface area contributed by atoms with E-state index in [0.29, 0.717) is 5.56 Å². The van der Waals surface area contributed by atoms with Crippen LogP contribution in [-0.4, -0.2) is 42.9 Å². The van der Waals surface area contributed by atoms with Gasteiger partial charge in [0.15, 0.2) is 17.2 Å². The molecule has 1 aromatic heterocycles. The molecule has 1 heterocycles. The van der Waals surface area contributed by atoms with Gasteiger partial charge in [0.25, 0.3) is 11.5 Å². The molecule has 0 bridgehead atoms. The van der Waals surface area contributed by atoms with Gasteiger partial charge < -0.3 is 19.9 Å². The second-order valence-electron chi connectivity index (χ2n) is 7.26. The van der Waals surface area contributed by atoms with Gasteiger partial charge in [0.05, 0.1) is 26.8 Å². The maximum absolute atomic E-state index is 13.6. The first-order valence-electron chi connectivity index (χ1n) is 10.4. The number of aromatic amines is 1. The molecule has 0 aliphatic heterocycles. The average molecular weight is 490 g/mol. The van der Waals surface area contributed by atoms with Crippen LogP contribution in [0.2, 0.25) is 0 Å². The number of H-pyrrole nitrogens is 1. The quantitative estimate of drug-likeness (QED) is 0.446. The second kappa shape index (κ2) is 11.3. The molecule has 10 nitrogen and oxygen atoms in total. The number of hydrogen-bond donors (Lipinski definition) is 2. The number of nitrogen functional groups attached to an aromatic ring is 1. The molecule has 3 aromatic rings. The van der Waals surface area contributed by atoms with E-state index in [1.54, 1.807) is 30.3 Å². The molecule has 35 heavy (non-hydrogen) atoms. The monoisotopic (exact) mass is 490 g/mol. The minimum absolute atomic E-state index is 0.00726. The van der Waals surface area contributed by atoms with Gasteiger partial charge >= 0.3 is 12.3 Å². The van der Waals surface area contributed by atoms with E-state index in [0.717, 1.165) is 15.5 Å². The minimum atomic E-state index is -3.09. The molecule has 0 unspecified atom stereocenters. The Morgan fingerprint density at radius 2 is 1.83 bits per heavy atom. The molecule has 0 radical (unpaired) electrons. The van der Waals surface area contributed by atoms with E-state index in [1.165, 1.54) is 26.4 Å². The van der Waals surface area contributed by atoms with Crippen molar-refractivity contribution in [2.45, 2.75) is 19.7 Å². The fourth-order valence-electron chi connectivity index (χ4n) is 3.41. The van der Waals surface area contributed by atoms with Gasteiger partial charge in [-0.05, 0) is 23.8 Å². The van der Waals surface area contributed by atoms with Gasteiger partial charge in [-0.1, -0.05) is 30.3 Å². The van der Waals surface area contributed by atoms with Crippen molar-refractivity contribution in [2.24, 2.45) is 0 Å². The van der Waals surface area contributed by atoms with Crippen LogP contribution in [0.25, 0.3) is 0 Å². The van der Waals surface area contributed by atoms with Crippen molar-refractivity contribution in [3.05, 3.63) is 80.5 Å². The molecule has 186 valence electrons. The summed E-state index contributed by atoms with van der Waals surface area (Å²) in [5, 5.41) is 0. The maximum atomic E-state index is 13.6. The number of hydrogen-bond acceptors (Lipinski definition) is 7. The average Bonchev–Trinajstić information content (AvgIpc) is 2.83. The molecule has 3 N–H and O–H groups in total. The van der Waals surface area contributed by atoms with Crippen LogP contribution in [0.15, 0.2) is 58.1 Å². The highest BCUT2D eigenvalue weighted by atomic mass is 19.3. The van der Waals surface area contributed by atoms with Crippen LogP contribution < -0.4 is 31.4 Å². The predicted molar refractivity (Wildman–Crippen MR) is 124 cm³/mol. The van der Waals surface area contributed by atoms with Crippen LogP contribution in [0.3, 0.4) is 0 Å². The van der Waals surface area contributed by atoms with Crippen LogP contribution in [0.1, 0.15) is 15.9 Å². The molecule has 0 fully saturated rings. The number of nitrogens with zero attached hydrogens (tertiary/aromatic N) is 2. The number of halogens is 2. The van der Waals surface area contributed by atoms with Crippen molar-refractivity contribution in [1.29, 1.82) is 0 Å². The number of carbonyl (C=O) groups excluding carboxylic acids is 1. The van der Waals surface area contributed by atoms with Gasteiger partial charge in [-0.3, -0.25) is 24.0 Å². The zero-order valence-corrected chi connectivity index (χ0v) is 19.0. The van der Waals surface area contributed by atoms with Crippen molar-refractivity contribution >= 4 is 17.4 Å². The summed E-state index contributed by atoms with van der Waals surface area (Å²) in [4.78, 5) is 42.1. The van der Waals surface area contributed by atoms with E-state index in [1.807, 2.05) is 0 Å². The van der Waals surface area contributed by atoms with Gasteiger partial charge in [-0.25, -0.2) is 4.79 Å². The fraction of sp³-hybridized carbons (Fsp3) is 0.261. The number of amides is 1. The maximum Gasteiger partial charge on any atom is 0.387 e. The molecule has 12 heteroatoms. The Balaban J connectivity index is 2.14. The Labute approximate surface area is 198 Å². The summed E-state index contributed by atoms with van der Waals surface area (Å²) >= 11 is 0. The molecule has 0 spiro atoms. The Bertz CT molecular complexity index is 1290. The SMILES string of the molecule is COCCn1c(N)c(N(Cc2ccccc2)C(=O)c2ccc(OC(F)F)c(OC)c2)c(=O)[nH]c1=O. The number of benzene rings is 2. The van der Waals surface area contributed by atoms with Crippen LogP contribution >= 0.6 is 0 Å². The highest BCUT2D eigenvalue weighted by molar-refractivity contribution is 6.07. The topological polar surface area (TPSA) is 129 Å². The van der Waals surface area contributed by atoms with Crippen molar-refractivity contribution in [1.82, 2.24) is 9.55 Å². The molecular formula is C23H24F2N4O6. The molecule has 0 aliphatic carbocycles. The van der Waals surface area contributed by atoms with Gasteiger partial charge in [0.2, 0.25) is 0 Å². The van der Waals surface area contributed by atoms with Gasteiger partial charge in [-0.2, -0.15) is 8.78 Å². The molecule has 0 saturated heterocycles. The lowest BCUT2D eigenvalue weighted by molar-refractivity contribution is -0.0512. The highest BCUT2D eigenvalue weighted by Gasteiger charge is 2.26. The van der Waals surface area contributed by atoms with Crippen molar-refractivity contribution in [3.63, 3.8) is 0 Å². The van der Waals surface area contributed by atoms with E-state index in [2.05, 4.69) is 9.72 Å². The van der Waals surface area contributed by atoms with Gasteiger partial charge in [0.1, 0.15) is 5.82 Å². The van der Waals surface area contributed by atoms with Crippen LogP contribution in [0.5, 0.6) is 11.5 Å². The Morgan fingerprint density at radius 3 is 2.46 bits per heavy atom. The third-order valence-electron chi connectivity index (χ3n) is 5.06. The fourth-order valence-corrected chi connectivity index (χ4v) is 3.41. The van der Waals surface area contributed by atoms with Gasteiger partial charge in [0, 0.05) is 12.7 Å². The Kier molecular flexibility index (Phi) is 8.21. The molecular weight excluding hydrogens is 466 g/mol. The normalized spacial score (nSPS) is 10.9. The van der Waals surface area contributed by atoms with Crippen LogP contribution in [0.4, 0.5) is 20.3 Å². The first kappa shape index (κ1) is 25.4. The third-order valence-corrected chi connectivity index (χ3v) is 5.06. The number of alkyl halides is 2. The first-order chi connectivity index (χ1) is 16.8. The molecule has 0 saturated carbocycles. The number of nitrogens with one attached hydrogen (secondary N) is 1. The molecule has 0 aliphatic rings. The summed E-state index contributed by atoms with van der Waals surface area (Å²) in [6.07, 6.45) is 0. The lowest BCUT2D eigenvalue weighted by Gasteiger charge is -2.25. The lowest BCUT2D eigenvalue weighted by atomic mass is 10.1. The number of methoxy groups -OCH3 is 2. The van der Waals surface area contributed by atoms with Crippen LogP contribution in [0, 0.1) is 0 Å².